The lowest BCUT2D eigenvalue weighted by Crippen LogP contribution is -2.58. The van der Waals surface area contributed by atoms with E-state index in [4.69, 9.17) is 4.74 Å². The molecule has 0 radical (unpaired) electrons. The van der Waals surface area contributed by atoms with Crippen LogP contribution in [-0.2, 0) is 9.53 Å². The van der Waals surface area contributed by atoms with E-state index in [1.165, 1.54) is 0 Å². The molecular weight excluding hydrogens is 140 g/mol. The van der Waals surface area contributed by atoms with E-state index >= 15 is 0 Å². The predicted molar refractivity (Wildman–Crippen MR) is 43.4 cm³/mol. The fraction of sp³-hybridized carbons (Fsp3) is 0.889. The third-order valence-corrected chi connectivity index (χ3v) is 2.56. The lowest BCUT2D eigenvalue weighted by atomic mass is 9.61. The Morgan fingerprint density at radius 1 is 1.55 bits per heavy atom. The van der Waals surface area contributed by atoms with Crippen molar-refractivity contribution in [1.82, 2.24) is 0 Å². The Bertz CT molecular complexity index is 172. The molecule has 0 N–H and O–H groups in total. The Labute approximate surface area is 67.9 Å². The van der Waals surface area contributed by atoms with Gasteiger partial charge in [0.15, 0.2) is 0 Å². The van der Waals surface area contributed by atoms with Crippen LogP contribution in [0.3, 0.4) is 0 Å². The predicted octanol–water partition coefficient (Wildman–Crippen LogP) is 1.64. The first-order valence-electron chi connectivity index (χ1n) is 4.17. The minimum absolute atomic E-state index is 0.102. The van der Waals surface area contributed by atoms with Crippen LogP contribution in [0.1, 0.15) is 27.7 Å². The maximum absolute atomic E-state index is 11.3. The molecule has 1 saturated carbocycles. The number of carbonyl (C=O) groups excluding carboxylic acids is 1. The number of hydrogen-bond donors (Lipinski definition) is 0. The zero-order valence-electron chi connectivity index (χ0n) is 7.68. The molecule has 1 aliphatic rings. The lowest BCUT2D eigenvalue weighted by molar-refractivity contribution is -0.171. The van der Waals surface area contributed by atoms with Crippen molar-refractivity contribution in [2.75, 3.05) is 6.61 Å². The molecule has 2 atom stereocenters. The van der Waals surface area contributed by atoms with E-state index in [9.17, 15) is 4.79 Å². The van der Waals surface area contributed by atoms with Crippen LogP contribution in [0.5, 0.6) is 0 Å². The summed E-state index contributed by atoms with van der Waals surface area (Å²) in [5.74, 6) is 0.431. The topological polar surface area (TPSA) is 26.3 Å². The molecule has 2 nitrogen and oxygen atoms in total. The van der Waals surface area contributed by atoms with Gasteiger partial charge in [-0.25, -0.2) is 0 Å². The van der Waals surface area contributed by atoms with Crippen molar-refractivity contribution in [1.29, 1.82) is 0 Å². The molecule has 0 unspecified atom stereocenters. The Morgan fingerprint density at radius 2 is 2.09 bits per heavy atom. The van der Waals surface area contributed by atoms with E-state index in [0.717, 1.165) is 0 Å². The van der Waals surface area contributed by atoms with Crippen molar-refractivity contribution in [3.05, 3.63) is 0 Å². The number of hydrogen-bond acceptors (Lipinski definition) is 2. The molecule has 0 aromatic carbocycles. The second kappa shape index (κ2) is 2.59. The molecule has 0 spiro atoms. The van der Waals surface area contributed by atoms with Gasteiger partial charge < -0.3 is 4.74 Å². The lowest BCUT2D eigenvalue weighted by Gasteiger charge is -2.47. The largest absolute Gasteiger partial charge is 0.377 e. The number of ketones is 1. The SMILES string of the molecule is CCO[C@H]1[C@H](C)C(=O)C1(C)C. The summed E-state index contributed by atoms with van der Waals surface area (Å²) in [5.41, 5.74) is -0.241. The van der Waals surface area contributed by atoms with Gasteiger partial charge in [0.1, 0.15) is 5.78 Å². The fourth-order valence-electron chi connectivity index (χ4n) is 1.93. The first-order chi connectivity index (χ1) is 5.01. The van der Waals surface area contributed by atoms with Crippen molar-refractivity contribution in [2.24, 2.45) is 11.3 Å². The highest BCUT2D eigenvalue weighted by atomic mass is 16.5. The summed E-state index contributed by atoms with van der Waals surface area (Å²) in [6.07, 6.45) is 0.139. The van der Waals surface area contributed by atoms with Gasteiger partial charge in [-0.3, -0.25) is 4.79 Å². The van der Waals surface area contributed by atoms with Crippen molar-refractivity contribution in [3.63, 3.8) is 0 Å². The summed E-state index contributed by atoms with van der Waals surface area (Å²) in [6, 6.07) is 0. The Hall–Kier alpha value is -0.370. The van der Waals surface area contributed by atoms with E-state index in [0.29, 0.717) is 12.4 Å². The first-order valence-corrected chi connectivity index (χ1v) is 4.17. The normalized spacial score (nSPS) is 35.1. The third-order valence-electron chi connectivity index (χ3n) is 2.56. The van der Waals surface area contributed by atoms with Gasteiger partial charge in [0.05, 0.1) is 11.5 Å². The molecule has 0 bridgehead atoms. The van der Waals surface area contributed by atoms with E-state index in [1.807, 2.05) is 27.7 Å². The van der Waals surface area contributed by atoms with E-state index < -0.39 is 0 Å². The highest BCUT2D eigenvalue weighted by molar-refractivity contribution is 5.93. The molecule has 11 heavy (non-hydrogen) atoms. The number of carbonyl (C=O) groups is 1. The minimum Gasteiger partial charge on any atom is -0.377 e. The average Bonchev–Trinajstić information content (AvgIpc) is 1.98. The molecule has 64 valence electrons. The van der Waals surface area contributed by atoms with Crippen LogP contribution < -0.4 is 0 Å². The molecule has 0 amide bonds. The highest BCUT2D eigenvalue weighted by Crippen LogP contribution is 2.43. The minimum atomic E-state index is -0.241. The summed E-state index contributed by atoms with van der Waals surface area (Å²) >= 11 is 0. The van der Waals surface area contributed by atoms with Gasteiger partial charge in [0, 0.05) is 12.5 Å². The second-order valence-corrected chi connectivity index (χ2v) is 3.75. The zero-order chi connectivity index (χ0) is 8.65. The van der Waals surface area contributed by atoms with Crippen LogP contribution in [0.15, 0.2) is 0 Å². The van der Waals surface area contributed by atoms with Crippen LogP contribution in [0.2, 0.25) is 0 Å². The van der Waals surface area contributed by atoms with Crippen LogP contribution >= 0.6 is 0 Å². The molecule has 1 fully saturated rings. The van der Waals surface area contributed by atoms with Gasteiger partial charge in [0.2, 0.25) is 0 Å². The van der Waals surface area contributed by atoms with Crippen LogP contribution in [-0.4, -0.2) is 18.5 Å². The van der Waals surface area contributed by atoms with Gasteiger partial charge in [-0.1, -0.05) is 20.8 Å². The smallest absolute Gasteiger partial charge is 0.146 e. The fourth-order valence-corrected chi connectivity index (χ4v) is 1.93. The quantitative estimate of drug-likeness (QED) is 0.607. The van der Waals surface area contributed by atoms with Gasteiger partial charge >= 0.3 is 0 Å². The van der Waals surface area contributed by atoms with Crippen LogP contribution in [0.25, 0.3) is 0 Å². The maximum atomic E-state index is 11.3. The monoisotopic (exact) mass is 156 g/mol. The standard InChI is InChI=1S/C9H16O2/c1-5-11-8-6(2)7(10)9(8,3)4/h6,8H,5H2,1-4H3/t6-,8+/m1/s1. The van der Waals surface area contributed by atoms with Gasteiger partial charge in [-0.05, 0) is 6.92 Å². The third kappa shape index (κ3) is 1.09. The number of ether oxygens (including phenoxy) is 1. The highest BCUT2D eigenvalue weighted by Gasteiger charge is 2.54. The van der Waals surface area contributed by atoms with E-state index in [1.54, 1.807) is 0 Å². The molecule has 1 rings (SSSR count). The second-order valence-electron chi connectivity index (χ2n) is 3.75. The molecule has 0 aromatic rings. The van der Waals surface area contributed by atoms with Crippen molar-refractivity contribution >= 4 is 5.78 Å². The summed E-state index contributed by atoms with van der Waals surface area (Å²) in [5, 5.41) is 0. The number of Topliss-reactive ketones (excluding diaryl/α,β-unsaturated/α-hetero) is 1. The molecule has 0 saturated heterocycles. The summed E-state index contributed by atoms with van der Waals surface area (Å²) in [7, 11) is 0. The van der Waals surface area contributed by atoms with Gasteiger partial charge in [0.25, 0.3) is 0 Å². The van der Waals surface area contributed by atoms with Crippen LogP contribution in [0, 0.1) is 11.3 Å². The zero-order valence-corrected chi connectivity index (χ0v) is 7.68. The summed E-state index contributed by atoms with van der Waals surface area (Å²) in [6.45, 7) is 8.51. The molecule has 0 aliphatic heterocycles. The first kappa shape index (κ1) is 8.72. The van der Waals surface area contributed by atoms with E-state index in [-0.39, 0.29) is 17.4 Å². The molecular formula is C9H16O2. The van der Waals surface area contributed by atoms with Gasteiger partial charge in [-0.15, -0.1) is 0 Å². The molecule has 0 aromatic heterocycles. The van der Waals surface area contributed by atoms with E-state index in [2.05, 4.69) is 0 Å². The molecule has 2 heteroatoms. The Morgan fingerprint density at radius 3 is 2.45 bits per heavy atom. The Kier molecular flexibility index (Phi) is 2.06. The maximum Gasteiger partial charge on any atom is 0.146 e. The van der Waals surface area contributed by atoms with Crippen molar-refractivity contribution in [3.8, 4) is 0 Å². The Balaban J connectivity index is 2.61. The molecule has 0 heterocycles. The van der Waals surface area contributed by atoms with Crippen molar-refractivity contribution in [2.45, 2.75) is 33.8 Å². The van der Waals surface area contributed by atoms with Gasteiger partial charge in [-0.2, -0.15) is 0 Å². The summed E-state index contributed by atoms with van der Waals surface area (Å²) in [4.78, 5) is 11.3. The average molecular weight is 156 g/mol. The summed E-state index contributed by atoms with van der Waals surface area (Å²) < 4.78 is 5.45. The van der Waals surface area contributed by atoms with Crippen molar-refractivity contribution < 1.29 is 9.53 Å². The van der Waals surface area contributed by atoms with Crippen LogP contribution in [0.4, 0.5) is 0 Å². The number of rotatable bonds is 2. The molecule has 1 aliphatic carbocycles.